The molecule has 1 aromatic carbocycles. The molecule has 0 saturated heterocycles. The van der Waals surface area contributed by atoms with Crippen molar-refractivity contribution in [2.24, 2.45) is 12.8 Å². The summed E-state index contributed by atoms with van der Waals surface area (Å²) in [5, 5.41) is 4.14. The van der Waals surface area contributed by atoms with Crippen LogP contribution in [0.1, 0.15) is 11.6 Å². The molecule has 2 rings (SSSR count). The van der Waals surface area contributed by atoms with E-state index in [1.165, 1.54) is 0 Å². The highest BCUT2D eigenvalue weighted by atomic mass is 16.5. The Morgan fingerprint density at radius 3 is 2.69 bits per heavy atom. The molecule has 0 saturated carbocycles. The van der Waals surface area contributed by atoms with Gasteiger partial charge in [-0.2, -0.15) is 5.10 Å². The molecule has 5 nitrogen and oxygen atoms in total. The second kappa shape index (κ2) is 4.76. The summed E-state index contributed by atoms with van der Waals surface area (Å²) in [6.07, 6.45) is 0. The lowest BCUT2D eigenvalue weighted by Gasteiger charge is -2.04. The third kappa shape index (κ3) is 2.38. The van der Waals surface area contributed by atoms with Crippen LogP contribution in [0.4, 0.5) is 0 Å². The first-order valence-corrected chi connectivity index (χ1v) is 5.06. The van der Waals surface area contributed by atoms with E-state index in [0.717, 1.165) is 11.6 Å². The third-order valence-electron chi connectivity index (χ3n) is 2.19. The van der Waals surface area contributed by atoms with Gasteiger partial charge in [-0.3, -0.25) is 0 Å². The Kier molecular flexibility index (Phi) is 3.16. The highest BCUT2D eigenvalue weighted by Crippen LogP contribution is 2.10. The van der Waals surface area contributed by atoms with Gasteiger partial charge in [-0.1, -0.05) is 18.2 Å². The fourth-order valence-corrected chi connectivity index (χ4v) is 1.35. The molecule has 0 spiro atoms. The average molecular weight is 218 g/mol. The van der Waals surface area contributed by atoms with Gasteiger partial charge in [0.1, 0.15) is 12.4 Å². The molecular formula is C11H14N4O. The van der Waals surface area contributed by atoms with Crippen molar-refractivity contribution in [2.45, 2.75) is 13.2 Å². The molecule has 0 fully saturated rings. The van der Waals surface area contributed by atoms with Gasteiger partial charge >= 0.3 is 0 Å². The summed E-state index contributed by atoms with van der Waals surface area (Å²) in [7, 11) is 1.83. The van der Waals surface area contributed by atoms with Gasteiger partial charge in [-0.15, -0.1) is 0 Å². The molecule has 0 unspecified atom stereocenters. The van der Waals surface area contributed by atoms with Gasteiger partial charge in [0.2, 0.25) is 0 Å². The Labute approximate surface area is 93.9 Å². The lowest BCUT2D eigenvalue weighted by molar-refractivity contribution is 0.290. The van der Waals surface area contributed by atoms with Crippen LogP contribution in [-0.2, 0) is 20.2 Å². The zero-order chi connectivity index (χ0) is 11.4. The normalized spacial score (nSPS) is 10.4. The Bertz CT molecular complexity index is 452. The van der Waals surface area contributed by atoms with E-state index in [4.69, 9.17) is 10.5 Å². The molecule has 1 heterocycles. The fourth-order valence-electron chi connectivity index (χ4n) is 1.35. The smallest absolute Gasteiger partial charge is 0.165 e. The monoisotopic (exact) mass is 218 g/mol. The van der Waals surface area contributed by atoms with Gasteiger partial charge in [0.15, 0.2) is 11.6 Å². The maximum Gasteiger partial charge on any atom is 0.165 e. The van der Waals surface area contributed by atoms with E-state index < -0.39 is 0 Å². The van der Waals surface area contributed by atoms with E-state index in [1.807, 2.05) is 37.4 Å². The molecule has 0 amide bonds. The van der Waals surface area contributed by atoms with Crippen LogP contribution in [0.5, 0.6) is 5.75 Å². The van der Waals surface area contributed by atoms with Crippen LogP contribution < -0.4 is 10.5 Å². The number of nitrogens with two attached hydrogens (primary N) is 1. The number of aryl methyl sites for hydroxylation is 1. The first-order chi connectivity index (χ1) is 7.79. The van der Waals surface area contributed by atoms with Gasteiger partial charge in [0.25, 0.3) is 0 Å². The maximum atomic E-state index is 5.57. The van der Waals surface area contributed by atoms with Crippen molar-refractivity contribution in [3.05, 3.63) is 42.0 Å². The minimum atomic E-state index is 0.346. The molecule has 0 atom stereocenters. The van der Waals surface area contributed by atoms with E-state index in [-0.39, 0.29) is 0 Å². The molecule has 2 N–H and O–H groups in total. The SMILES string of the molecule is Cn1nc(CN)nc1COc1ccccc1. The molecule has 84 valence electrons. The van der Waals surface area contributed by atoms with Gasteiger partial charge in [-0.25, -0.2) is 9.67 Å². The lowest BCUT2D eigenvalue weighted by atomic mass is 10.3. The van der Waals surface area contributed by atoms with Gasteiger partial charge in [-0.05, 0) is 12.1 Å². The number of hydrogen-bond acceptors (Lipinski definition) is 4. The zero-order valence-corrected chi connectivity index (χ0v) is 9.13. The number of benzene rings is 1. The number of para-hydroxylation sites is 1. The van der Waals surface area contributed by atoms with E-state index >= 15 is 0 Å². The summed E-state index contributed by atoms with van der Waals surface area (Å²) in [6, 6.07) is 9.61. The van der Waals surface area contributed by atoms with E-state index in [2.05, 4.69) is 10.1 Å². The molecule has 0 aliphatic rings. The van der Waals surface area contributed by atoms with Crippen LogP contribution in [0.2, 0.25) is 0 Å². The Morgan fingerprint density at radius 2 is 2.06 bits per heavy atom. The number of ether oxygens (including phenoxy) is 1. The first-order valence-electron chi connectivity index (χ1n) is 5.06. The predicted molar refractivity (Wildman–Crippen MR) is 59.7 cm³/mol. The average Bonchev–Trinajstić information content (AvgIpc) is 2.69. The Morgan fingerprint density at radius 1 is 1.31 bits per heavy atom. The highest BCUT2D eigenvalue weighted by molar-refractivity contribution is 5.21. The van der Waals surface area contributed by atoms with Crippen molar-refractivity contribution in [2.75, 3.05) is 0 Å². The molecule has 0 bridgehead atoms. The summed E-state index contributed by atoms with van der Waals surface area (Å²) in [6.45, 7) is 0.743. The maximum absolute atomic E-state index is 5.57. The van der Waals surface area contributed by atoms with Gasteiger partial charge < -0.3 is 10.5 Å². The van der Waals surface area contributed by atoms with Crippen molar-refractivity contribution in [1.29, 1.82) is 0 Å². The second-order valence-corrected chi connectivity index (χ2v) is 3.37. The van der Waals surface area contributed by atoms with Crippen LogP contribution in [0.15, 0.2) is 30.3 Å². The van der Waals surface area contributed by atoms with Crippen molar-refractivity contribution in [3.8, 4) is 5.75 Å². The zero-order valence-electron chi connectivity index (χ0n) is 9.13. The molecule has 0 radical (unpaired) electrons. The minimum absolute atomic E-state index is 0.346. The van der Waals surface area contributed by atoms with E-state index in [9.17, 15) is 0 Å². The van der Waals surface area contributed by atoms with Crippen molar-refractivity contribution < 1.29 is 4.74 Å². The van der Waals surface area contributed by atoms with Crippen LogP contribution in [-0.4, -0.2) is 14.8 Å². The summed E-state index contributed by atoms with van der Waals surface area (Å²) in [5.74, 6) is 2.22. The molecule has 0 aliphatic heterocycles. The number of aromatic nitrogens is 3. The fraction of sp³-hybridized carbons (Fsp3) is 0.273. The summed E-state index contributed by atoms with van der Waals surface area (Å²) < 4.78 is 7.25. The molecule has 1 aromatic heterocycles. The van der Waals surface area contributed by atoms with Crippen LogP contribution in [0, 0.1) is 0 Å². The topological polar surface area (TPSA) is 66.0 Å². The molecule has 0 aliphatic carbocycles. The van der Waals surface area contributed by atoms with Crippen molar-refractivity contribution in [1.82, 2.24) is 14.8 Å². The highest BCUT2D eigenvalue weighted by Gasteiger charge is 2.06. The van der Waals surface area contributed by atoms with E-state index in [1.54, 1.807) is 4.68 Å². The predicted octanol–water partition coefficient (Wildman–Crippen LogP) is 0.853. The minimum Gasteiger partial charge on any atom is -0.486 e. The summed E-state index contributed by atoms with van der Waals surface area (Å²) in [5.41, 5.74) is 5.46. The van der Waals surface area contributed by atoms with Crippen LogP contribution in [0.25, 0.3) is 0 Å². The Balaban J connectivity index is 2.02. The quantitative estimate of drug-likeness (QED) is 0.826. The van der Waals surface area contributed by atoms with Gasteiger partial charge in [0, 0.05) is 7.05 Å². The van der Waals surface area contributed by atoms with Crippen LogP contribution >= 0.6 is 0 Å². The van der Waals surface area contributed by atoms with Crippen LogP contribution in [0.3, 0.4) is 0 Å². The molecular weight excluding hydrogens is 204 g/mol. The van der Waals surface area contributed by atoms with Crippen molar-refractivity contribution >= 4 is 0 Å². The number of nitrogens with zero attached hydrogens (tertiary/aromatic N) is 3. The number of rotatable bonds is 4. The standard InChI is InChI=1S/C11H14N4O/c1-15-11(13-10(7-12)14-15)8-16-9-5-3-2-4-6-9/h2-6H,7-8,12H2,1H3. The third-order valence-corrected chi connectivity index (χ3v) is 2.19. The Hall–Kier alpha value is -1.88. The molecule has 5 heteroatoms. The van der Waals surface area contributed by atoms with E-state index in [0.29, 0.717) is 19.0 Å². The molecule has 2 aromatic rings. The summed E-state index contributed by atoms with van der Waals surface area (Å²) in [4.78, 5) is 4.25. The molecule has 16 heavy (non-hydrogen) atoms. The first kappa shape index (κ1) is 10.6. The lowest BCUT2D eigenvalue weighted by Crippen LogP contribution is -2.04. The van der Waals surface area contributed by atoms with Gasteiger partial charge in [0.05, 0.1) is 6.54 Å². The number of hydrogen-bond donors (Lipinski definition) is 1. The largest absolute Gasteiger partial charge is 0.486 e. The second-order valence-electron chi connectivity index (χ2n) is 3.37. The van der Waals surface area contributed by atoms with Crippen molar-refractivity contribution in [3.63, 3.8) is 0 Å². The summed E-state index contributed by atoms with van der Waals surface area (Å²) >= 11 is 0.